The fourth-order valence-corrected chi connectivity index (χ4v) is 6.74. The van der Waals surface area contributed by atoms with Crippen molar-refractivity contribution < 1.29 is 37.7 Å². The van der Waals surface area contributed by atoms with Crippen molar-refractivity contribution in [1.29, 1.82) is 0 Å². The second-order valence-corrected chi connectivity index (χ2v) is 12.5. The number of nitrogens with zero attached hydrogens (tertiary/aromatic N) is 2. The average molecular weight is 591 g/mol. The standard InChI is InChI=1S/C30H42N2O8S/c1-4-23(11-10-22(2)33)19-31(41(37,38)27-14-12-26(39-3)13-15-27)20-29(34)28(18-24-8-6-5-7-9-24)32(30(35)36)25-16-17-40-21-25/h5-9,12-15,23,25,28-29,34H,4,10-11,16-21H2,1-3H3,(H,35,36)/t23?,25-,28-,29+/m0/s1. The Balaban J connectivity index is 1.98. The van der Waals surface area contributed by atoms with E-state index in [9.17, 15) is 28.2 Å². The number of hydrogen-bond donors (Lipinski definition) is 2. The topological polar surface area (TPSA) is 134 Å². The first kappa shape index (κ1) is 32.5. The summed E-state index contributed by atoms with van der Waals surface area (Å²) in [6.45, 7) is 3.82. The molecule has 1 unspecified atom stereocenters. The van der Waals surface area contributed by atoms with Crippen molar-refractivity contribution in [2.75, 3.05) is 33.4 Å². The first-order chi connectivity index (χ1) is 19.6. The van der Waals surface area contributed by atoms with Gasteiger partial charge >= 0.3 is 6.09 Å². The fraction of sp³-hybridized carbons (Fsp3) is 0.533. The number of ether oxygens (including phenoxy) is 2. The second-order valence-electron chi connectivity index (χ2n) is 10.5. The molecule has 226 valence electrons. The van der Waals surface area contributed by atoms with Crippen molar-refractivity contribution in [3.05, 3.63) is 60.2 Å². The van der Waals surface area contributed by atoms with Crippen molar-refractivity contribution in [2.24, 2.45) is 5.92 Å². The van der Waals surface area contributed by atoms with Gasteiger partial charge in [0.15, 0.2) is 0 Å². The lowest BCUT2D eigenvalue weighted by molar-refractivity contribution is -0.117. The highest BCUT2D eigenvalue weighted by Gasteiger charge is 2.39. The minimum Gasteiger partial charge on any atom is -0.497 e. The number of rotatable bonds is 16. The van der Waals surface area contributed by atoms with Crippen LogP contribution in [0.5, 0.6) is 5.75 Å². The molecule has 0 saturated carbocycles. The van der Waals surface area contributed by atoms with Gasteiger partial charge in [-0.1, -0.05) is 43.7 Å². The molecule has 0 radical (unpaired) electrons. The summed E-state index contributed by atoms with van der Waals surface area (Å²) in [6, 6.07) is 13.9. The molecule has 0 bridgehead atoms. The number of benzene rings is 2. The van der Waals surface area contributed by atoms with Crippen LogP contribution in [0, 0.1) is 5.92 Å². The molecule has 10 nitrogen and oxygen atoms in total. The molecule has 0 aromatic heterocycles. The Morgan fingerprint density at radius 3 is 2.32 bits per heavy atom. The maximum atomic E-state index is 14.0. The Morgan fingerprint density at radius 2 is 1.78 bits per heavy atom. The summed E-state index contributed by atoms with van der Waals surface area (Å²) in [4.78, 5) is 25.5. The highest BCUT2D eigenvalue weighted by molar-refractivity contribution is 7.89. The van der Waals surface area contributed by atoms with E-state index in [0.29, 0.717) is 38.0 Å². The third-order valence-corrected chi connectivity index (χ3v) is 9.49. The Hall–Kier alpha value is -2.99. The maximum absolute atomic E-state index is 14.0. The second kappa shape index (κ2) is 15.3. The Morgan fingerprint density at radius 1 is 1.10 bits per heavy atom. The number of aliphatic hydroxyl groups excluding tert-OH is 1. The third kappa shape index (κ3) is 9.00. The monoisotopic (exact) mass is 590 g/mol. The number of carboxylic acid groups (broad SMARTS) is 1. The van der Waals surface area contributed by atoms with E-state index in [1.54, 1.807) is 12.1 Å². The van der Waals surface area contributed by atoms with Crippen molar-refractivity contribution in [2.45, 2.75) is 69.0 Å². The van der Waals surface area contributed by atoms with Crippen LogP contribution < -0.4 is 4.74 Å². The molecule has 4 atom stereocenters. The first-order valence-electron chi connectivity index (χ1n) is 14.0. The minimum atomic E-state index is -4.09. The number of ketones is 1. The van der Waals surface area contributed by atoms with E-state index < -0.39 is 34.3 Å². The Bertz CT molecular complexity index is 1220. The largest absolute Gasteiger partial charge is 0.497 e. The van der Waals surface area contributed by atoms with E-state index in [0.717, 1.165) is 5.56 Å². The number of hydrogen-bond acceptors (Lipinski definition) is 7. The SMILES string of the molecule is CCC(CCC(C)=O)CN(C[C@@H](O)[C@H](Cc1ccccc1)N(C(=O)O)[C@H]1CCOC1)S(=O)(=O)c1ccc(OC)cc1. The van der Waals surface area contributed by atoms with Crippen LogP contribution in [0.25, 0.3) is 0 Å². The van der Waals surface area contributed by atoms with Crippen LogP contribution in [0.2, 0.25) is 0 Å². The molecule has 2 aromatic rings. The fourth-order valence-electron chi connectivity index (χ4n) is 5.20. The minimum absolute atomic E-state index is 0.0202. The van der Waals surface area contributed by atoms with Crippen molar-refractivity contribution in [1.82, 2.24) is 9.21 Å². The molecule has 3 rings (SSSR count). The Labute approximate surface area is 242 Å². The van der Waals surface area contributed by atoms with E-state index in [1.165, 1.54) is 35.4 Å². The lowest BCUT2D eigenvalue weighted by Gasteiger charge is -2.38. The van der Waals surface area contributed by atoms with Gasteiger partial charge in [-0.3, -0.25) is 4.90 Å². The molecule has 11 heteroatoms. The molecule has 1 amide bonds. The summed E-state index contributed by atoms with van der Waals surface area (Å²) in [5.41, 5.74) is 0.819. The van der Waals surface area contributed by atoms with Gasteiger partial charge in [-0.2, -0.15) is 4.31 Å². The molecule has 1 aliphatic rings. The zero-order chi connectivity index (χ0) is 30.0. The van der Waals surface area contributed by atoms with Gasteiger partial charge in [-0.05, 0) is 61.9 Å². The van der Waals surface area contributed by atoms with Crippen LogP contribution in [0.4, 0.5) is 4.79 Å². The number of methoxy groups -OCH3 is 1. The predicted octanol–water partition coefficient (Wildman–Crippen LogP) is 3.82. The highest BCUT2D eigenvalue weighted by Crippen LogP contribution is 2.26. The number of amides is 1. The Kier molecular flexibility index (Phi) is 12.1. The van der Waals surface area contributed by atoms with Crippen molar-refractivity contribution >= 4 is 21.9 Å². The predicted molar refractivity (Wildman–Crippen MR) is 154 cm³/mol. The molecule has 41 heavy (non-hydrogen) atoms. The zero-order valence-corrected chi connectivity index (χ0v) is 24.8. The average Bonchev–Trinajstić information content (AvgIpc) is 3.48. The summed E-state index contributed by atoms with van der Waals surface area (Å²) < 4.78 is 39.8. The maximum Gasteiger partial charge on any atom is 0.407 e. The normalized spacial score (nSPS) is 17.6. The van der Waals surface area contributed by atoms with Crippen molar-refractivity contribution in [3.8, 4) is 5.75 Å². The molecule has 2 N–H and O–H groups in total. The van der Waals surface area contributed by atoms with Crippen LogP contribution >= 0.6 is 0 Å². The number of aliphatic hydroxyl groups is 1. The van der Waals surface area contributed by atoms with Crippen LogP contribution in [0.3, 0.4) is 0 Å². The third-order valence-electron chi connectivity index (χ3n) is 7.64. The molecule has 1 saturated heterocycles. The molecule has 1 aliphatic heterocycles. The molecule has 0 spiro atoms. The molecular formula is C30H42N2O8S. The van der Waals surface area contributed by atoms with E-state index in [-0.39, 0.29) is 42.7 Å². The van der Waals surface area contributed by atoms with Crippen LogP contribution in [0.15, 0.2) is 59.5 Å². The zero-order valence-electron chi connectivity index (χ0n) is 24.0. The van der Waals surface area contributed by atoms with E-state index >= 15 is 0 Å². The summed E-state index contributed by atoms with van der Waals surface area (Å²) >= 11 is 0. The number of sulfonamides is 1. The molecule has 1 fully saturated rings. The lowest BCUT2D eigenvalue weighted by atomic mass is 9.96. The molecular weight excluding hydrogens is 548 g/mol. The van der Waals surface area contributed by atoms with Gasteiger partial charge in [-0.15, -0.1) is 0 Å². The lowest BCUT2D eigenvalue weighted by Crippen LogP contribution is -2.56. The number of carbonyl (C=O) groups is 2. The van der Waals surface area contributed by atoms with Gasteiger partial charge in [0.2, 0.25) is 10.0 Å². The first-order valence-corrected chi connectivity index (χ1v) is 15.4. The molecule has 2 aromatic carbocycles. The van der Waals surface area contributed by atoms with Crippen molar-refractivity contribution in [3.63, 3.8) is 0 Å². The van der Waals surface area contributed by atoms with Crippen LogP contribution in [-0.2, 0) is 26.0 Å². The quantitative estimate of drug-likeness (QED) is 0.301. The van der Waals surface area contributed by atoms with Gasteiger partial charge in [0.25, 0.3) is 0 Å². The van der Waals surface area contributed by atoms with Gasteiger partial charge in [0.1, 0.15) is 11.5 Å². The van der Waals surface area contributed by atoms with Crippen LogP contribution in [0.1, 0.15) is 45.1 Å². The van der Waals surface area contributed by atoms with Gasteiger partial charge in [-0.25, -0.2) is 13.2 Å². The summed E-state index contributed by atoms with van der Waals surface area (Å²) in [7, 11) is -2.60. The summed E-state index contributed by atoms with van der Waals surface area (Å²) in [6.07, 6.45) is -0.397. The highest BCUT2D eigenvalue weighted by atomic mass is 32.2. The number of carbonyl (C=O) groups excluding carboxylic acids is 1. The summed E-state index contributed by atoms with van der Waals surface area (Å²) in [5.74, 6) is 0.389. The molecule has 1 heterocycles. The van der Waals surface area contributed by atoms with Gasteiger partial charge < -0.3 is 24.5 Å². The number of Topliss-reactive ketones (excluding diaryl/α,β-unsaturated/α-hetero) is 1. The molecule has 0 aliphatic carbocycles. The van der Waals surface area contributed by atoms with Gasteiger partial charge in [0.05, 0.1) is 36.8 Å². The van der Waals surface area contributed by atoms with E-state index in [4.69, 9.17) is 9.47 Å². The van der Waals surface area contributed by atoms with E-state index in [1.807, 2.05) is 37.3 Å². The van der Waals surface area contributed by atoms with Crippen LogP contribution in [-0.4, -0.2) is 91.3 Å². The van der Waals surface area contributed by atoms with E-state index in [2.05, 4.69) is 0 Å². The van der Waals surface area contributed by atoms with Gasteiger partial charge in [0, 0.05) is 26.1 Å². The smallest absolute Gasteiger partial charge is 0.407 e. The summed E-state index contributed by atoms with van der Waals surface area (Å²) in [5, 5.41) is 21.9.